The van der Waals surface area contributed by atoms with Gasteiger partial charge in [0.1, 0.15) is 0 Å². The molecule has 0 saturated carbocycles. The fraction of sp³-hybridized carbons (Fsp3) is 0.400. The second-order valence-electron chi connectivity index (χ2n) is 3.79. The molecule has 1 saturated heterocycles. The van der Waals surface area contributed by atoms with Crippen LogP contribution in [0.3, 0.4) is 0 Å². The molecule has 1 heterocycles. The van der Waals surface area contributed by atoms with Crippen molar-refractivity contribution in [2.24, 2.45) is 0 Å². The Balaban J connectivity index is 2.53. The third-order valence-electron chi connectivity index (χ3n) is 2.60. The number of anilines is 1. The zero-order chi connectivity index (χ0) is 11.9. The Morgan fingerprint density at radius 2 is 2.12 bits per heavy atom. The fourth-order valence-corrected chi connectivity index (χ4v) is 4.26. The summed E-state index contributed by atoms with van der Waals surface area (Å²) in [5, 5.41) is 0.584. The van der Waals surface area contributed by atoms with Gasteiger partial charge in [0.25, 0.3) is 0 Å². The smallest absolute Gasteiger partial charge is 0.235 e. The molecule has 1 fully saturated rings. The van der Waals surface area contributed by atoms with Gasteiger partial charge in [-0.15, -0.1) is 0 Å². The van der Waals surface area contributed by atoms with Crippen molar-refractivity contribution in [1.82, 2.24) is 0 Å². The summed E-state index contributed by atoms with van der Waals surface area (Å²) in [7, 11) is -3.15. The summed E-state index contributed by atoms with van der Waals surface area (Å²) in [6.45, 7) is 2.41. The summed E-state index contributed by atoms with van der Waals surface area (Å²) >= 11 is 9.39. The maximum absolute atomic E-state index is 11.8. The van der Waals surface area contributed by atoms with Crippen LogP contribution < -0.4 is 4.31 Å². The highest BCUT2D eigenvalue weighted by atomic mass is 79.9. The standard InChI is InChI=1S/C10H11BrClNO2S/c1-7-5-8(11)10(6-9(7)12)13-3-2-4-16(13,14)15/h5-6H,2-4H2,1H3. The summed E-state index contributed by atoms with van der Waals surface area (Å²) in [5.74, 6) is 0.213. The molecule has 0 spiro atoms. The van der Waals surface area contributed by atoms with Crippen LogP contribution in [0.1, 0.15) is 12.0 Å². The molecule has 1 aromatic carbocycles. The molecule has 0 N–H and O–H groups in total. The van der Waals surface area contributed by atoms with Crippen LogP contribution in [0.25, 0.3) is 0 Å². The molecule has 16 heavy (non-hydrogen) atoms. The minimum absolute atomic E-state index is 0.213. The van der Waals surface area contributed by atoms with Crippen LogP contribution >= 0.6 is 27.5 Å². The molecule has 0 unspecified atom stereocenters. The minimum atomic E-state index is -3.15. The maximum atomic E-state index is 11.8. The normalized spacial score (nSPS) is 19.1. The van der Waals surface area contributed by atoms with Crippen LogP contribution in [0.2, 0.25) is 5.02 Å². The van der Waals surface area contributed by atoms with Crippen LogP contribution in [0.5, 0.6) is 0 Å². The van der Waals surface area contributed by atoms with E-state index in [2.05, 4.69) is 15.9 Å². The van der Waals surface area contributed by atoms with Crippen molar-refractivity contribution in [3.63, 3.8) is 0 Å². The van der Waals surface area contributed by atoms with Crippen molar-refractivity contribution < 1.29 is 8.42 Å². The van der Waals surface area contributed by atoms with E-state index in [1.54, 1.807) is 6.07 Å². The van der Waals surface area contributed by atoms with Crippen LogP contribution in [-0.4, -0.2) is 20.7 Å². The lowest BCUT2D eigenvalue weighted by Gasteiger charge is -2.19. The van der Waals surface area contributed by atoms with E-state index in [1.165, 1.54) is 4.31 Å². The number of rotatable bonds is 1. The van der Waals surface area contributed by atoms with Crippen LogP contribution in [-0.2, 0) is 10.0 Å². The first-order valence-corrected chi connectivity index (χ1v) is 7.66. The van der Waals surface area contributed by atoms with Gasteiger partial charge in [0.2, 0.25) is 10.0 Å². The Labute approximate surface area is 109 Å². The Morgan fingerprint density at radius 1 is 1.44 bits per heavy atom. The lowest BCUT2D eigenvalue weighted by molar-refractivity contribution is 0.599. The second kappa shape index (κ2) is 4.20. The van der Waals surface area contributed by atoms with E-state index in [9.17, 15) is 8.42 Å². The number of aryl methyl sites for hydroxylation is 1. The molecule has 88 valence electrons. The number of hydrogen-bond acceptors (Lipinski definition) is 2. The molecule has 1 aliphatic rings. The molecular formula is C10H11BrClNO2S. The fourth-order valence-electron chi connectivity index (χ4n) is 1.74. The Kier molecular flexibility index (Phi) is 3.20. The molecule has 0 atom stereocenters. The summed E-state index contributed by atoms with van der Waals surface area (Å²) in [6, 6.07) is 3.54. The summed E-state index contributed by atoms with van der Waals surface area (Å²) in [4.78, 5) is 0. The Morgan fingerprint density at radius 3 is 2.69 bits per heavy atom. The molecule has 0 aromatic heterocycles. The lowest BCUT2D eigenvalue weighted by Crippen LogP contribution is -2.25. The molecule has 0 amide bonds. The number of nitrogens with zero attached hydrogens (tertiary/aromatic N) is 1. The van der Waals surface area contributed by atoms with Crippen molar-refractivity contribution >= 4 is 43.2 Å². The summed E-state index contributed by atoms with van der Waals surface area (Å²) in [5.41, 5.74) is 1.56. The van der Waals surface area contributed by atoms with Crippen molar-refractivity contribution in [2.75, 3.05) is 16.6 Å². The quantitative estimate of drug-likeness (QED) is 0.796. The maximum Gasteiger partial charge on any atom is 0.235 e. The van der Waals surface area contributed by atoms with Crippen molar-refractivity contribution in [2.45, 2.75) is 13.3 Å². The number of halogens is 2. The molecule has 0 aliphatic carbocycles. The van der Waals surface area contributed by atoms with Crippen LogP contribution in [0, 0.1) is 6.92 Å². The molecule has 2 rings (SSSR count). The van der Waals surface area contributed by atoms with E-state index in [1.807, 2.05) is 13.0 Å². The van der Waals surface area contributed by atoms with Crippen molar-refractivity contribution in [3.8, 4) is 0 Å². The predicted molar refractivity (Wildman–Crippen MR) is 69.6 cm³/mol. The molecule has 0 radical (unpaired) electrons. The molecule has 1 aliphatic heterocycles. The van der Waals surface area contributed by atoms with Gasteiger partial charge in [0.05, 0.1) is 11.4 Å². The number of sulfonamides is 1. The van der Waals surface area contributed by atoms with E-state index < -0.39 is 10.0 Å². The van der Waals surface area contributed by atoms with Gasteiger partial charge in [-0.25, -0.2) is 8.42 Å². The van der Waals surface area contributed by atoms with Gasteiger partial charge >= 0.3 is 0 Å². The molecular weight excluding hydrogens is 314 g/mol. The molecule has 0 bridgehead atoms. The highest BCUT2D eigenvalue weighted by Gasteiger charge is 2.30. The zero-order valence-electron chi connectivity index (χ0n) is 8.70. The predicted octanol–water partition coefficient (Wildman–Crippen LogP) is 2.95. The van der Waals surface area contributed by atoms with E-state index in [-0.39, 0.29) is 5.75 Å². The van der Waals surface area contributed by atoms with Gasteiger partial charge in [-0.3, -0.25) is 4.31 Å². The third-order valence-corrected chi connectivity index (χ3v) is 5.49. The first-order valence-electron chi connectivity index (χ1n) is 4.88. The lowest BCUT2D eigenvalue weighted by atomic mass is 10.2. The average molecular weight is 325 g/mol. The number of hydrogen-bond donors (Lipinski definition) is 0. The largest absolute Gasteiger partial charge is 0.269 e. The van der Waals surface area contributed by atoms with Gasteiger partial charge in [0, 0.05) is 16.0 Å². The Hall–Kier alpha value is -0.260. The Bertz CT molecular complexity index is 530. The monoisotopic (exact) mass is 323 g/mol. The highest BCUT2D eigenvalue weighted by Crippen LogP contribution is 2.35. The van der Waals surface area contributed by atoms with Crippen molar-refractivity contribution in [1.29, 1.82) is 0 Å². The second-order valence-corrected chi connectivity index (χ2v) is 7.07. The van der Waals surface area contributed by atoms with Gasteiger partial charge in [-0.05, 0) is 47.0 Å². The third kappa shape index (κ3) is 2.08. The zero-order valence-corrected chi connectivity index (χ0v) is 11.9. The van der Waals surface area contributed by atoms with E-state index in [0.29, 0.717) is 23.7 Å². The minimum Gasteiger partial charge on any atom is -0.269 e. The van der Waals surface area contributed by atoms with Crippen molar-refractivity contribution in [3.05, 3.63) is 27.2 Å². The van der Waals surface area contributed by atoms with Gasteiger partial charge < -0.3 is 0 Å². The van der Waals surface area contributed by atoms with Gasteiger partial charge in [-0.1, -0.05) is 11.6 Å². The van der Waals surface area contributed by atoms with E-state index >= 15 is 0 Å². The number of benzene rings is 1. The molecule has 3 nitrogen and oxygen atoms in total. The van der Waals surface area contributed by atoms with Gasteiger partial charge in [-0.2, -0.15) is 0 Å². The van der Waals surface area contributed by atoms with Crippen LogP contribution in [0.15, 0.2) is 16.6 Å². The molecule has 6 heteroatoms. The van der Waals surface area contributed by atoms with Crippen LogP contribution in [0.4, 0.5) is 5.69 Å². The first-order chi connectivity index (χ1) is 7.42. The summed E-state index contributed by atoms with van der Waals surface area (Å²) in [6.07, 6.45) is 0.667. The molecule has 1 aromatic rings. The van der Waals surface area contributed by atoms with E-state index in [4.69, 9.17) is 11.6 Å². The van der Waals surface area contributed by atoms with E-state index in [0.717, 1.165) is 10.0 Å². The SMILES string of the molecule is Cc1cc(Br)c(N2CCCS2(=O)=O)cc1Cl. The highest BCUT2D eigenvalue weighted by molar-refractivity contribution is 9.10. The topological polar surface area (TPSA) is 37.4 Å². The first kappa shape index (κ1) is 12.2. The van der Waals surface area contributed by atoms with Gasteiger partial charge in [0.15, 0.2) is 0 Å². The average Bonchev–Trinajstić information content (AvgIpc) is 2.52. The summed E-state index contributed by atoms with van der Waals surface area (Å²) < 4.78 is 25.7.